The third kappa shape index (κ3) is 3.69. The molecule has 2 aliphatic rings. The highest BCUT2D eigenvalue weighted by atomic mass is 16.3. The van der Waals surface area contributed by atoms with Crippen molar-refractivity contribution in [2.75, 3.05) is 31.1 Å². The average molecular weight is 350 g/mol. The largest absolute Gasteiger partial charge is 0.508 e. The van der Waals surface area contributed by atoms with Crippen LogP contribution in [0.3, 0.4) is 0 Å². The molecule has 0 spiro atoms. The van der Waals surface area contributed by atoms with E-state index < -0.39 is 0 Å². The van der Waals surface area contributed by atoms with E-state index in [1.807, 2.05) is 17.0 Å². The van der Waals surface area contributed by atoms with Gasteiger partial charge in [-0.1, -0.05) is 24.3 Å². The molecule has 4 heteroatoms. The van der Waals surface area contributed by atoms with E-state index >= 15 is 0 Å². The molecule has 1 N–H and O–H groups in total. The summed E-state index contributed by atoms with van der Waals surface area (Å²) < 4.78 is 0. The molecule has 1 aliphatic heterocycles. The monoisotopic (exact) mass is 350 g/mol. The second-order valence-electron chi connectivity index (χ2n) is 7.37. The van der Waals surface area contributed by atoms with Gasteiger partial charge in [0, 0.05) is 37.9 Å². The van der Waals surface area contributed by atoms with E-state index in [0.717, 1.165) is 43.9 Å². The maximum Gasteiger partial charge on any atom is 0.227 e. The van der Waals surface area contributed by atoms with Crippen molar-refractivity contribution >= 4 is 11.6 Å². The quantitative estimate of drug-likeness (QED) is 0.925. The van der Waals surface area contributed by atoms with Crippen LogP contribution in [0.25, 0.3) is 0 Å². The summed E-state index contributed by atoms with van der Waals surface area (Å²) in [5.74, 6) is 0.504. The molecule has 0 atom stereocenters. The van der Waals surface area contributed by atoms with Crippen molar-refractivity contribution in [2.45, 2.75) is 32.1 Å². The summed E-state index contributed by atoms with van der Waals surface area (Å²) in [5, 5.41) is 9.64. The van der Waals surface area contributed by atoms with Crippen LogP contribution in [0.1, 0.15) is 29.5 Å². The molecular formula is C22H26N2O2. The highest BCUT2D eigenvalue weighted by Crippen LogP contribution is 2.24. The van der Waals surface area contributed by atoms with Gasteiger partial charge >= 0.3 is 0 Å². The summed E-state index contributed by atoms with van der Waals surface area (Å²) in [4.78, 5) is 16.9. The van der Waals surface area contributed by atoms with Crippen molar-refractivity contribution in [2.24, 2.45) is 0 Å². The molecule has 1 fully saturated rings. The molecule has 1 heterocycles. The Morgan fingerprint density at radius 2 is 1.69 bits per heavy atom. The molecule has 2 aromatic carbocycles. The number of phenols is 1. The van der Waals surface area contributed by atoms with Crippen LogP contribution in [0, 0.1) is 0 Å². The molecule has 0 radical (unpaired) electrons. The fourth-order valence-electron chi connectivity index (χ4n) is 4.09. The zero-order valence-electron chi connectivity index (χ0n) is 15.2. The zero-order valence-corrected chi connectivity index (χ0v) is 15.2. The van der Waals surface area contributed by atoms with E-state index in [-0.39, 0.29) is 11.7 Å². The van der Waals surface area contributed by atoms with Gasteiger partial charge in [0.25, 0.3) is 0 Å². The summed E-state index contributed by atoms with van der Waals surface area (Å²) in [6.45, 7) is 3.08. The Kier molecular flexibility index (Phi) is 4.83. The minimum atomic E-state index is 0.219. The van der Waals surface area contributed by atoms with Crippen LogP contribution in [0.5, 0.6) is 5.75 Å². The van der Waals surface area contributed by atoms with E-state index in [1.165, 1.54) is 30.4 Å². The number of anilines is 1. The predicted molar refractivity (Wildman–Crippen MR) is 104 cm³/mol. The van der Waals surface area contributed by atoms with Gasteiger partial charge < -0.3 is 14.9 Å². The van der Waals surface area contributed by atoms with Gasteiger partial charge in [-0.2, -0.15) is 0 Å². The molecule has 136 valence electrons. The second-order valence-corrected chi connectivity index (χ2v) is 7.37. The third-order valence-corrected chi connectivity index (χ3v) is 5.60. The van der Waals surface area contributed by atoms with Crippen LogP contribution in [-0.2, 0) is 24.1 Å². The minimum Gasteiger partial charge on any atom is -0.508 e. The van der Waals surface area contributed by atoms with Gasteiger partial charge in [0.1, 0.15) is 5.75 Å². The second kappa shape index (κ2) is 7.40. The van der Waals surface area contributed by atoms with Crippen molar-refractivity contribution in [3.63, 3.8) is 0 Å². The van der Waals surface area contributed by atoms with Gasteiger partial charge in [-0.25, -0.2) is 0 Å². The number of phenolic OH excluding ortho intramolecular Hbond substituents is 1. The topological polar surface area (TPSA) is 43.8 Å². The number of amides is 1. The molecule has 4 nitrogen and oxygen atoms in total. The molecule has 2 aromatic rings. The highest BCUT2D eigenvalue weighted by molar-refractivity contribution is 5.79. The predicted octanol–water partition coefficient (Wildman–Crippen LogP) is 3.16. The van der Waals surface area contributed by atoms with Crippen LogP contribution in [0.4, 0.5) is 5.69 Å². The van der Waals surface area contributed by atoms with E-state index in [2.05, 4.69) is 23.1 Å². The number of rotatable bonds is 3. The van der Waals surface area contributed by atoms with Gasteiger partial charge in [0.15, 0.2) is 0 Å². The number of benzene rings is 2. The Hall–Kier alpha value is -2.49. The Labute approximate surface area is 155 Å². The Balaban J connectivity index is 1.35. The molecule has 1 saturated heterocycles. The van der Waals surface area contributed by atoms with E-state index in [4.69, 9.17) is 0 Å². The maximum atomic E-state index is 12.7. The standard InChI is InChI=1S/C22H26N2O2/c25-21-7-3-6-20(16-21)23-10-12-24(13-11-23)22(26)15-17-8-9-18-4-1-2-5-19(18)14-17/h3,6-9,14,16,25H,1-2,4-5,10-13,15H2. The van der Waals surface area contributed by atoms with Gasteiger partial charge in [0.2, 0.25) is 5.91 Å². The van der Waals surface area contributed by atoms with Crippen LogP contribution < -0.4 is 4.90 Å². The first-order valence-corrected chi connectivity index (χ1v) is 9.61. The van der Waals surface area contributed by atoms with Crippen LogP contribution >= 0.6 is 0 Å². The van der Waals surface area contributed by atoms with Gasteiger partial charge in [0.05, 0.1) is 6.42 Å². The van der Waals surface area contributed by atoms with E-state index in [1.54, 1.807) is 12.1 Å². The first-order chi connectivity index (χ1) is 12.7. The van der Waals surface area contributed by atoms with Gasteiger partial charge in [-0.05, 0) is 54.5 Å². The number of carbonyl (C=O) groups excluding carboxylic acids is 1. The minimum absolute atomic E-state index is 0.219. The Bertz CT molecular complexity index is 794. The lowest BCUT2D eigenvalue weighted by Crippen LogP contribution is -2.49. The number of aromatic hydroxyl groups is 1. The highest BCUT2D eigenvalue weighted by Gasteiger charge is 2.22. The smallest absolute Gasteiger partial charge is 0.227 e. The molecule has 4 rings (SSSR count). The van der Waals surface area contributed by atoms with Gasteiger partial charge in [-0.15, -0.1) is 0 Å². The summed E-state index contributed by atoms with van der Waals surface area (Å²) >= 11 is 0. The van der Waals surface area contributed by atoms with Crippen molar-refractivity contribution in [3.05, 3.63) is 59.2 Å². The SMILES string of the molecule is O=C(Cc1ccc2c(c1)CCCC2)N1CCN(c2cccc(O)c2)CC1. The Morgan fingerprint density at radius 1 is 0.923 bits per heavy atom. The van der Waals surface area contributed by atoms with Crippen LogP contribution in [0.2, 0.25) is 0 Å². The lowest BCUT2D eigenvalue weighted by Gasteiger charge is -2.36. The molecule has 0 unspecified atom stereocenters. The number of carbonyl (C=O) groups is 1. The number of hydrogen-bond donors (Lipinski definition) is 1. The summed E-state index contributed by atoms with van der Waals surface area (Å²) in [5.41, 5.74) is 5.07. The summed E-state index contributed by atoms with van der Waals surface area (Å²) in [6.07, 6.45) is 5.38. The molecule has 0 saturated carbocycles. The van der Waals surface area contributed by atoms with Crippen LogP contribution in [-0.4, -0.2) is 42.1 Å². The van der Waals surface area contributed by atoms with Crippen molar-refractivity contribution in [1.29, 1.82) is 0 Å². The van der Waals surface area contributed by atoms with Crippen molar-refractivity contribution in [1.82, 2.24) is 4.90 Å². The number of nitrogens with zero attached hydrogens (tertiary/aromatic N) is 2. The molecule has 0 bridgehead atoms. The fraction of sp³-hybridized carbons (Fsp3) is 0.409. The number of aryl methyl sites for hydroxylation is 2. The van der Waals surface area contributed by atoms with E-state index in [0.29, 0.717) is 6.42 Å². The number of piperazine rings is 1. The molecule has 1 aliphatic carbocycles. The molecule has 1 amide bonds. The Morgan fingerprint density at radius 3 is 2.46 bits per heavy atom. The first kappa shape index (κ1) is 17.0. The fourth-order valence-corrected chi connectivity index (χ4v) is 4.09. The average Bonchev–Trinajstić information content (AvgIpc) is 2.68. The van der Waals surface area contributed by atoms with Crippen molar-refractivity contribution in [3.8, 4) is 5.75 Å². The molecular weight excluding hydrogens is 324 g/mol. The number of hydrogen-bond acceptors (Lipinski definition) is 3. The van der Waals surface area contributed by atoms with Crippen molar-refractivity contribution < 1.29 is 9.90 Å². The summed E-state index contributed by atoms with van der Waals surface area (Å²) in [7, 11) is 0. The van der Waals surface area contributed by atoms with E-state index in [9.17, 15) is 9.90 Å². The maximum absolute atomic E-state index is 12.7. The summed E-state index contributed by atoms with van der Waals surface area (Å²) in [6, 6.07) is 13.9. The molecule has 26 heavy (non-hydrogen) atoms. The zero-order chi connectivity index (χ0) is 17.9. The first-order valence-electron chi connectivity index (χ1n) is 9.61. The lowest BCUT2D eigenvalue weighted by atomic mass is 9.90. The van der Waals surface area contributed by atoms with Gasteiger partial charge in [-0.3, -0.25) is 4.79 Å². The van der Waals surface area contributed by atoms with Crippen LogP contribution in [0.15, 0.2) is 42.5 Å². The number of fused-ring (bicyclic) bond motifs is 1. The lowest BCUT2D eigenvalue weighted by molar-refractivity contribution is -0.130. The molecule has 0 aromatic heterocycles. The third-order valence-electron chi connectivity index (χ3n) is 5.60. The normalized spacial score (nSPS) is 17.1.